The van der Waals surface area contributed by atoms with Crippen molar-refractivity contribution in [3.8, 4) is 0 Å². The number of carbonyl (C=O) groups excluding carboxylic acids is 3. The summed E-state index contributed by atoms with van der Waals surface area (Å²) in [6, 6.07) is 0. The molecule has 2 saturated carbocycles. The average Bonchev–Trinajstić information content (AvgIpc) is 2.71. The SMILES string of the molecule is CCC(=O)O[C@@](CC)(CC(=O)S)C1(C)CC(O)[C@H]2C(C[C@H](C)C3=CC(=O)C=CC32C)C1C. The lowest BCUT2D eigenvalue weighted by molar-refractivity contribution is -0.217. The number of ether oxygens (including phenoxy) is 1. The topological polar surface area (TPSA) is 80.7 Å². The van der Waals surface area contributed by atoms with Gasteiger partial charge in [0.2, 0.25) is 0 Å². The zero-order chi connectivity index (χ0) is 24.1. The van der Waals surface area contributed by atoms with Crippen LogP contribution in [0, 0.1) is 34.5 Å². The number of allylic oxidation sites excluding steroid dienone is 4. The van der Waals surface area contributed by atoms with Crippen LogP contribution < -0.4 is 0 Å². The van der Waals surface area contributed by atoms with Gasteiger partial charge in [-0.25, -0.2) is 0 Å². The summed E-state index contributed by atoms with van der Waals surface area (Å²) in [5.74, 6) is 0.0672. The summed E-state index contributed by atoms with van der Waals surface area (Å²) in [5.41, 5.74) is -0.912. The second-order valence-electron chi connectivity index (χ2n) is 10.7. The maximum atomic E-state index is 12.5. The average molecular weight is 463 g/mol. The molecule has 0 bridgehead atoms. The van der Waals surface area contributed by atoms with E-state index in [0.29, 0.717) is 12.8 Å². The van der Waals surface area contributed by atoms with Crippen molar-refractivity contribution < 1.29 is 24.2 Å². The van der Waals surface area contributed by atoms with E-state index in [9.17, 15) is 19.5 Å². The molecular weight excluding hydrogens is 424 g/mol. The molecule has 8 atom stereocenters. The highest BCUT2D eigenvalue weighted by Crippen LogP contribution is 2.65. The Morgan fingerprint density at radius 1 is 1.28 bits per heavy atom. The number of hydrogen-bond donors (Lipinski definition) is 2. The first kappa shape index (κ1) is 25.2. The molecule has 0 heterocycles. The monoisotopic (exact) mass is 462 g/mol. The van der Waals surface area contributed by atoms with Crippen LogP contribution in [0.15, 0.2) is 23.8 Å². The second kappa shape index (κ2) is 8.75. The van der Waals surface area contributed by atoms with Gasteiger partial charge in [-0.3, -0.25) is 14.4 Å². The Morgan fingerprint density at radius 3 is 2.50 bits per heavy atom. The standard InChI is InChI=1S/C26H38O5S/c1-7-21(29)31-26(8-2,14-22(30)32)25(6)13-20(28)23-18(16(25)4)11-15(3)19-12-17(27)9-10-24(19,23)5/h9-10,12,15-16,18,20,23,28H,7-8,11,13-14H2,1-6H3,(H,30,32)/t15-,16?,18?,20?,23+,24?,25?,26-/m0/s1. The minimum atomic E-state index is -1.02. The van der Waals surface area contributed by atoms with Crippen molar-refractivity contribution in [2.45, 2.75) is 85.4 Å². The van der Waals surface area contributed by atoms with Gasteiger partial charge in [0.05, 0.1) is 12.5 Å². The molecule has 2 fully saturated rings. The van der Waals surface area contributed by atoms with Crippen LogP contribution in [0.5, 0.6) is 0 Å². The lowest BCUT2D eigenvalue weighted by Crippen LogP contribution is -2.64. The Kier molecular flexibility index (Phi) is 6.90. The van der Waals surface area contributed by atoms with Crippen LogP contribution in [0.25, 0.3) is 0 Å². The molecule has 0 spiro atoms. The van der Waals surface area contributed by atoms with E-state index in [2.05, 4.69) is 40.3 Å². The molecule has 3 aliphatic rings. The van der Waals surface area contributed by atoms with E-state index in [1.54, 1.807) is 19.1 Å². The molecular formula is C26H38O5S. The Balaban J connectivity index is 2.09. The van der Waals surface area contributed by atoms with Crippen molar-refractivity contribution in [2.75, 3.05) is 0 Å². The fourth-order valence-corrected chi connectivity index (χ4v) is 7.58. The fraction of sp³-hybridized carbons (Fsp3) is 0.731. The first-order valence-corrected chi connectivity index (χ1v) is 12.4. The van der Waals surface area contributed by atoms with E-state index in [0.717, 1.165) is 12.0 Å². The van der Waals surface area contributed by atoms with E-state index in [4.69, 9.17) is 4.74 Å². The van der Waals surface area contributed by atoms with Crippen LogP contribution in [0.3, 0.4) is 0 Å². The summed E-state index contributed by atoms with van der Waals surface area (Å²) in [5, 5.41) is 11.3. The first-order chi connectivity index (χ1) is 14.8. The molecule has 0 aromatic carbocycles. The Morgan fingerprint density at radius 2 is 1.94 bits per heavy atom. The van der Waals surface area contributed by atoms with Crippen molar-refractivity contribution in [2.24, 2.45) is 34.5 Å². The largest absolute Gasteiger partial charge is 0.458 e. The minimum Gasteiger partial charge on any atom is -0.458 e. The summed E-state index contributed by atoms with van der Waals surface area (Å²) in [6.45, 7) is 12.2. The molecule has 32 heavy (non-hydrogen) atoms. The molecule has 0 aliphatic heterocycles. The van der Waals surface area contributed by atoms with Crippen molar-refractivity contribution in [1.82, 2.24) is 0 Å². The molecule has 5 unspecified atom stereocenters. The molecule has 0 saturated heterocycles. The Hall–Kier alpha value is -1.40. The molecule has 3 aliphatic carbocycles. The number of esters is 1. The summed E-state index contributed by atoms with van der Waals surface area (Å²) in [4.78, 5) is 36.8. The minimum absolute atomic E-state index is 0.00901. The quantitative estimate of drug-likeness (QED) is 0.442. The van der Waals surface area contributed by atoms with Crippen molar-refractivity contribution in [3.05, 3.63) is 23.8 Å². The van der Waals surface area contributed by atoms with Crippen LogP contribution in [0.4, 0.5) is 0 Å². The van der Waals surface area contributed by atoms with Gasteiger partial charge in [0.1, 0.15) is 5.60 Å². The lowest BCUT2D eigenvalue weighted by Gasteiger charge is -2.63. The molecule has 3 rings (SSSR count). The summed E-state index contributed by atoms with van der Waals surface area (Å²) < 4.78 is 6.07. The lowest BCUT2D eigenvalue weighted by atomic mass is 9.43. The predicted octanol–water partition coefficient (Wildman–Crippen LogP) is 4.69. The number of carbonyl (C=O) groups is 3. The molecule has 1 N–H and O–H groups in total. The third-order valence-corrected chi connectivity index (χ3v) is 9.32. The molecule has 0 aromatic heterocycles. The van der Waals surface area contributed by atoms with Gasteiger partial charge >= 0.3 is 5.97 Å². The number of aliphatic hydroxyl groups is 1. The van der Waals surface area contributed by atoms with E-state index in [1.807, 2.05) is 13.0 Å². The van der Waals surface area contributed by atoms with E-state index in [1.165, 1.54) is 0 Å². The van der Waals surface area contributed by atoms with Crippen LogP contribution >= 0.6 is 12.6 Å². The van der Waals surface area contributed by atoms with E-state index in [-0.39, 0.29) is 58.8 Å². The molecule has 0 aromatic rings. The van der Waals surface area contributed by atoms with Gasteiger partial charge < -0.3 is 9.84 Å². The van der Waals surface area contributed by atoms with Gasteiger partial charge in [0.15, 0.2) is 10.9 Å². The van der Waals surface area contributed by atoms with Crippen LogP contribution in [0.1, 0.15) is 73.6 Å². The highest BCUT2D eigenvalue weighted by Gasteiger charge is 2.64. The smallest absolute Gasteiger partial charge is 0.306 e. The van der Waals surface area contributed by atoms with Gasteiger partial charge in [-0.05, 0) is 49.2 Å². The number of ketones is 1. The molecule has 178 valence electrons. The normalized spacial score (nSPS) is 40.6. The van der Waals surface area contributed by atoms with E-state index < -0.39 is 17.1 Å². The maximum absolute atomic E-state index is 12.5. The number of rotatable bonds is 6. The third-order valence-electron chi connectivity index (χ3n) is 9.17. The maximum Gasteiger partial charge on any atom is 0.306 e. The third kappa shape index (κ3) is 3.81. The molecule has 6 heteroatoms. The Bertz CT molecular complexity index is 862. The first-order valence-electron chi connectivity index (χ1n) is 11.9. The summed E-state index contributed by atoms with van der Waals surface area (Å²) in [7, 11) is 0. The number of aliphatic hydroxyl groups excluding tert-OH is 1. The number of hydrogen-bond acceptors (Lipinski definition) is 5. The van der Waals surface area contributed by atoms with Crippen LogP contribution in [0.2, 0.25) is 0 Å². The van der Waals surface area contributed by atoms with Crippen LogP contribution in [-0.4, -0.2) is 33.7 Å². The second-order valence-corrected chi connectivity index (χ2v) is 11.2. The molecule has 5 nitrogen and oxygen atoms in total. The highest BCUT2D eigenvalue weighted by molar-refractivity contribution is 7.96. The molecule has 0 radical (unpaired) electrons. The van der Waals surface area contributed by atoms with Crippen LogP contribution in [-0.2, 0) is 19.1 Å². The summed E-state index contributed by atoms with van der Waals surface area (Å²) >= 11 is 4.05. The van der Waals surface area contributed by atoms with Crippen molar-refractivity contribution in [3.63, 3.8) is 0 Å². The Labute approximate surface area is 197 Å². The van der Waals surface area contributed by atoms with E-state index >= 15 is 0 Å². The number of fused-ring (bicyclic) bond motifs is 3. The fourth-order valence-electron chi connectivity index (χ4n) is 7.32. The highest BCUT2D eigenvalue weighted by atomic mass is 32.1. The van der Waals surface area contributed by atoms with Gasteiger partial charge in [-0.1, -0.05) is 53.2 Å². The van der Waals surface area contributed by atoms with Crippen molar-refractivity contribution >= 4 is 29.5 Å². The predicted molar refractivity (Wildman–Crippen MR) is 127 cm³/mol. The zero-order valence-corrected chi connectivity index (χ0v) is 21.1. The van der Waals surface area contributed by atoms with Gasteiger partial charge in [-0.15, -0.1) is 12.6 Å². The van der Waals surface area contributed by atoms with Gasteiger partial charge in [0, 0.05) is 23.2 Å². The summed E-state index contributed by atoms with van der Waals surface area (Å²) in [6.07, 6.45) is 6.70. The van der Waals surface area contributed by atoms with Crippen molar-refractivity contribution in [1.29, 1.82) is 0 Å². The number of thiol groups is 1. The van der Waals surface area contributed by atoms with Gasteiger partial charge in [-0.2, -0.15) is 0 Å². The molecule has 0 amide bonds. The van der Waals surface area contributed by atoms with Gasteiger partial charge in [0.25, 0.3) is 0 Å². The zero-order valence-electron chi connectivity index (χ0n) is 20.2.